The van der Waals surface area contributed by atoms with Crippen LogP contribution in [0.3, 0.4) is 0 Å². The third kappa shape index (κ3) is 13.3. The summed E-state index contributed by atoms with van der Waals surface area (Å²) < 4.78 is 58.5. The lowest BCUT2D eigenvalue weighted by Gasteiger charge is -2.42. The van der Waals surface area contributed by atoms with E-state index in [-0.39, 0.29) is 26.2 Å². The van der Waals surface area contributed by atoms with Crippen LogP contribution < -0.4 is 31.7 Å². The SMILES string of the molecule is COCCOCCC(=O)NC(CCC(=O)NCC1OC(OP(=O)([O-])OP(=O)([O-])OC[C@H]2O[C@@H](n3ccc(=O)[nH]c3=O)C(O)[C@H]2O)C(O)[C@@H](O)[C@H]1O)C(=O)O. The van der Waals surface area contributed by atoms with Crippen molar-refractivity contribution in [3.63, 3.8) is 0 Å². The first-order valence-electron chi connectivity index (χ1n) is 15.8. The minimum absolute atomic E-state index is 0.0192. The van der Waals surface area contributed by atoms with Gasteiger partial charge in [0, 0.05) is 38.8 Å². The van der Waals surface area contributed by atoms with Gasteiger partial charge in [-0.2, -0.15) is 0 Å². The van der Waals surface area contributed by atoms with E-state index in [2.05, 4.69) is 24.0 Å². The molecule has 0 saturated carbocycles. The average molecular weight is 823 g/mol. The van der Waals surface area contributed by atoms with Crippen LogP contribution in [0.4, 0.5) is 0 Å². The van der Waals surface area contributed by atoms with Crippen molar-refractivity contribution in [2.24, 2.45) is 0 Å². The molecule has 0 spiro atoms. The Morgan fingerprint density at radius 1 is 0.926 bits per heavy atom. The summed E-state index contributed by atoms with van der Waals surface area (Å²) >= 11 is 0. The Labute approximate surface area is 303 Å². The maximum absolute atomic E-state index is 12.5. The van der Waals surface area contributed by atoms with Crippen LogP contribution in [0, 0.1) is 0 Å². The molecule has 7 unspecified atom stereocenters. The Morgan fingerprint density at radius 3 is 2.26 bits per heavy atom. The average Bonchev–Trinajstić information content (AvgIpc) is 3.36. The number of carbonyl (C=O) groups excluding carboxylic acids is 2. The van der Waals surface area contributed by atoms with Crippen LogP contribution in [0.25, 0.3) is 0 Å². The molecule has 1 aromatic heterocycles. The number of nitrogens with zero attached hydrogens (tertiary/aromatic N) is 1. The summed E-state index contributed by atoms with van der Waals surface area (Å²) in [5.74, 6) is -2.97. The number of carboxylic acids is 1. The molecule has 9 N–H and O–H groups in total. The van der Waals surface area contributed by atoms with Gasteiger partial charge in [-0.1, -0.05) is 0 Å². The number of aromatic nitrogens is 2. The molecule has 54 heavy (non-hydrogen) atoms. The lowest BCUT2D eigenvalue weighted by molar-refractivity contribution is -0.301. The van der Waals surface area contributed by atoms with Gasteiger partial charge in [0.2, 0.25) is 11.8 Å². The highest BCUT2D eigenvalue weighted by Crippen LogP contribution is 2.57. The lowest BCUT2D eigenvalue weighted by atomic mass is 9.99. The molecule has 2 aliphatic heterocycles. The van der Waals surface area contributed by atoms with Crippen molar-refractivity contribution in [1.29, 1.82) is 0 Å². The van der Waals surface area contributed by atoms with Crippen molar-refractivity contribution < 1.29 is 96.2 Å². The van der Waals surface area contributed by atoms with E-state index in [1.165, 1.54) is 7.11 Å². The summed E-state index contributed by atoms with van der Waals surface area (Å²) in [6.07, 6.45) is -17.9. The molecule has 0 radical (unpaired) electrons. The second-order valence-electron chi connectivity index (χ2n) is 11.6. The molecule has 2 amide bonds. The summed E-state index contributed by atoms with van der Waals surface area (Å²) in [6.45, 7) is -1.41. The number of carboxylic acid groups (broad SMARTS) is 1. The molecule has 2 saturated heterocycles. The van der Waals surface area contributed by atoms with Crippen LogP contribution in [0.1, 0.15) is 25.5 Å². The molecule has 0 aromatic carbocycles. The molecule has 0 aliphatic carbocycles. The van der Waals surface area contributed by atoms with E-state index >= 15 is 0 Å². The first-order valence-corrected chi connectivity index (χ1v) is 18.7. The van der Waals surface area contributed by atoms with Crippen molar-refractivity contribution in [2.75, 3.05) is 40.1 Å². The van der Waals surface area contributed by atoms with Crippen molar-refractivity contribution in [1.82, 2.24) is 20.2 Å². The predicted octanol–water partition coefficient (Wildman–Crippen LogP) is -6.53. The topological polar surface area (TPSA) is 396 Å². The fourth-order valence-corrected chi connectivity index (χ4v) is 6.95. The fraction of sp³-hybridized carbons (Fsp3) is 0.731. The number of rotatable bonds is 21. The maximum atomic E-state index is 12.5. The standard InChI is InChI=1S/C26H42N4O22P2/c1-46-8-9-47-7-5-17(33)28-12(24(39)40)2-3-15(31)27-10-13-18(34)20(36)22(38)25(50-13)51-54(44,45)52-53(42,43)48-11-14-19(35)21(37)23(49-14)30-6-4-16(32)29-26(30)41/h4,6,12-14,18-23,25,34-38H,2-3,5,7-11H2,1H3,(H,27,31)(H,28,33)(H,39,40)(H,42,43)(H,44,45)(H,29,32,41)/p-2/t12?,13?,14-,18+,19+,20+,21?,22?,23-,25?/m1/s1. The highest BCUT2D eigenvalue weighted by atomic mass is 31.3. The third-order valence-electron chi connectivity index (χ3n) is 7.66. The molecule has 308 valence electrons. The normalized spacial score (nSPS) is 29.8. The molecule has 2 aliphatic rings. The van der Waals surface area contributed by atoms with Gasteiger partial charge in [0.25, 0.3) is 21.2 Å². The van der Waals surface area contributed by atoms with E-state index in [9.17, 15) is 73.5 Å². The Bertz CT molecular complexity index is 1640. The Kier molecular flexibility index (Phi) is 17.0. The molecule has 0 bridgehead atoms. The van der Waals surface area contributed by atoms with Crippen LogP contribution in [-0.2, 0) is 55.8 Å². The molecular formula is C26H40N4O22P2-2. The molecule has 3 heterocycles. The maximum Gasteiger partial charge on any atom is 0.330 e. The van der Waals surface area contributed by atoms with Crippen LogP contribution in [0.2, 0.25) is 0 Å². The molecule has 12 atom stereocenters. The molecule has 26 nitrogen and oxygen atoms in total. The smallest absolute Gasteiger partial charge is 0.330 e. The van der Waals surface area contributed by atoms with Gasteiger partial charge in [-0.05, 0) is 6.42 Å². The Balaban J connectivity index is 1.51. The number of aliphatic hydroxyl groups is 5. The number of amides is 2. The quantitative estimate of drug-likeness (QED) is 0.0411. The van der Waals surface area contributed by atoms with E-state index in [4.69, 9.17) is 18.9 Å². The van der Waals surface area contributed by atoms with E-state index in [0.29, 0.717) is 4.57 Å². The van der Waals surface area contributed by atoms with Gasteiger partial charge in [-0.25, -0.2) is 13.9 Å². The zero-order valence-corrected chi connectivity index (χ0v) is 29.9. The number of phosphoric acid groups is 2. The zero-order valence-electron chi connectivity index (χ0n) is 28.1. The van der Waals surface area contributed by atoms with Crippen molar-refractivity contribution >= 4 is 33.4 Å². The summed E-state index contributed by atoms with van der Waals surface area (Å²) in [6, 6.07) is -0.590. The minimum Gasteiger partial charge on any atom is -0.756 e. The monoisotopic (exact) mass is 822 g/mol. The number of nitrogens with one attached hydrogen (secondary N) is 3. The van der Waals surface area contributed by atoms with Gasteiger partial charge >= 0.3 is 11.7 Å². The highest BCUT2D eigenvalue weighted by Gasteiger charge is 2.47. The summed E-state index contributed by atoms with van der Waals surface area (Å²) in [7, 11) is -10.6. The summed E-state index contributed by atoms with van der Waals surface area (Å²) in [5.41, 5.74) is -1.85. The second kappa shape index (κ2) is 20.2. The number of H-pyrrole nitrogens is 1. The van der Waals surface area contributed by atoms with E-state index in [1.54, 1.807) is 0 Å². The third-order valence-corrected chi connectivity index (χ3v) is 10.2. The van der Waals surface area contributed by atoms with Gasteiger partial charge in [0.1, 0.15) is 48.8 Å². The number of aliphatic carboxylic acids is 1. The predicted molar refractivity (Wildman–Crippen MR) is 166 cm³/mol. The van der Waals surface area contributed by atoms with Crippen molar-refractivity contribution in [3.8, 4) is 0 Å². The summed E-state index contributed by atoms with van der Waals surface area (Å²) in [5, 5.41) is 65.1. The zero-order chi connectivity index (χ0) is 40.4. The number of aliphatic hydroxyl groups excluding tert-OH is 5. The van der Waals surface area contributed by atoms with Crippen molar-refractivity contribution in [2.45, 2.75) is 80.5 Å². The van der Waals surface area contributed by atoms with E-state index in [1.807, 2.05) is 4.98 Å². The van der Waals surface area contributed by atoms with Gasteiger partial charge in [-0.3, -0.25) is 37.6 Å². The number of methoxy groups -OCH3 is 1. The van der Waals surface area contributed by atoms with Gasteiger partial charge in [-0.15, -0.1) is 0 Å². The first kappa shape index (κ1) is 45.4. The first-order chi connectivity index (χ1) is 25.2. The highest BCUT2D eigenvalue weighted by molar-refractivity contribution is 7.59. The van der Waals surface area contributed by atoms with Crippen LogP contribution in [0.5, 0.6) is 0 Å². The largest absolute Gasteiger partial charge is 0.756 e. The van der Waals surface area contributed by atoms with E-state index in [0.717, 1.165) is 12.3 Å². The molecule has 28 heteroatoms. The van der Waals surface area contributed by atoms with E-state index < -0.39 is 132 Å². The number of phosphoric ester groups is 2. The molecule has 1 aromatic rings. The molecular weight excluding hydrogens is 782 g/mol. The number of hydrogen-bond donors (Lipinski definition) is 9. The number of carbonyl (C=O) groups is 3. The molecule has 2 fully saturated rings. The van der Waals surface area contributed by atoms with Crippen LogP contribution >= 0.6 is 15.6 Å². The number of hydrogen-bond acceptors (Lipinski definition) is 21. The molecule has 3 rings (SSSR count). The second-order valence-corrected chi connectivity index (χ2v) is 14.5. The van der Waals surface area contributed by atoms with Crippen molar-refractivity contribution in [3.05, 3.63) is 33.1 Å². The number of aromatic amines is 1. The lowest BCUT2D eigenvalue weighted by Crippen LogP contribution is -2.60. The summed E-state index contributed by atoms with van der Waals surface area (Å²) in [4.78, 5) is 86.0. The Morgan fingerprint density at radius 2 is 1.61 bits per heavy atom. The minimum atomic E-state index is -6.10. The van der Waals surface area contributed by atoms with Crippen LogP contribution in [0.15, 0.2) is 21.9 Å². The number of ether oxygens (including phenoxy) is 4. The van der Waals surface area contributed by atoms with Gasteiger partial charge < -0.3 is 74.5 Å². The van der Waals surface area contributed by atoms with Gasteiger partial charge in [0.05, 0.1) is 26.4 Å². The van der Waals surface area contributed by atoms with Gasteiger partial charge in [0.15, 0.2) is 12.5 Å². The van der Waals surface area contributed by atoms with Crippen LogP contribution in [-0.4, -0.2) is 153 Å². The Hall–Kier alpha value is -3.01. The fourth-order valence-electron chi connectivity index (χ4n) is 4.87.